The lowest BCUT2D eigenvalue weighted by Crippen LogP contribution is -2.54. The highest BCUT2D eigenvalue weighted by Crippen LogP contribution is 2.23. The van der Waals surface area contributed by atoms with Crippen molar-refractivity contribution in [3.63, 3.8) is 0 Å². The first-order valence-corrected chi connectivity index (χ1v) is 13.0. The molecule has 1 fully saturated rings. The minimum Gasteiger partial charge on any atom is -0.354 e. The summed E-state index contributed by atoms with van der Waals surface area (Å²) in [4.78, 5) is 16.3. The van der Waals surface area contributed by atoms with Crippen LogP contribution in [0, 0.1) is 0 Å². The van der Waals surface area contributed by atoms with Crippen molar-refractivity contribution in [1.29, 1.82) is 0 Å². The van der Waals surface area contributed by atoms with Crippen molar-refractivity contribution in [1.82, 2.24) is 24.8 Å². The summed E-state index contributed by atoms with van der Waals surface area (Å²) in [6, 6.07) is 13.5. The first kappa shape index (κ1) is 22.3. The van der Waals surface area contributed by atoms with Crippen LogP contribution >= 0.6 is 0 Å². The Kier molecular flexibility index (Phi) is 5.70. The lowest BCUT2D eigenvalue weighted by molar-refractivity contribution is 0.405. The largest absolute Gasteiger partial charge is 0.354 e. The van der Waals surface area contributed by atoms with Crippen molar-refractivity contribution in [2.75, 3.05) is 29.6 Å². The van der Waals surface area contributed by atoms with Crippen LogP contribution in [0.15, 0.2) is 66.0 Å². The van der Waals surface area contributed by atoms with Crippen LogP contribution in [0.3, 0.4) is 0 Å². The Morgan fingerprint density at radius 1 is 0.971 bits per heavy atom. The maximum Gasteiger partial charge on any atom is 0.229 e. The van der Waals surface area contributed by atoms with Crippen LogP contribution in [0.25, 0.3) is 16.7 Å². The normalized spacial score (nSPS) is 18.9. The van der Waals surface area contributed by atoms with E-state index in [1.165, 1.54) is 6.26 Å². The van der Waals surface area contributed by atoms with E-state index in [2.05, 4.69) is 44.3 Å². The van der Waals surface area contributed by atoms with E-state index in [-0.39, 0.29) is 4.90 Å². The molecular formula is C24H27N7O2S. The molecule has 34 heavy (non-hydrogen) atoms. The number of sulfone groups is 1. The van der Waals surface area contributed by atoms with Crippen LogP contribution in [0.4, 0.5) is 17.5 Å². The summed E-state index contributed by atoms with van der Waals surface area (Å²) < 4.78 is 25.4. The van der Waals surface area contributed by atoms with Crippen LogP contribution in [-0.4, -0.2) is 59.4 Å². The first-order chi connectivity index (χ1) is 16.3. The molecule has 2 N–H and O–H groups in total. The van der Waals surface area contributed by atoms with Gasteiger partial charge in [0.2, 0.25) is 5.95 Å². The lowest BCUT2D eigenvalue weighted by atomic mass is 10.1. The van der Waals surface area contributed by atoms with Crippen LogP contribution < -0.4 is 15.5 Å². The number of rotatable bonds is 5. The zero-order valence-electron chi connectivity index (χ0n) is 19.3. The molecule has 10 heteroatoms. The minimum absolute atomic E-state index is 0.283. The minimum atomic E-state index is -3.25. The molecule has 3 aromatic heterocycles. The number of hydrogen-bond acceptors (Lipinski definition) is 8. The summed E-state index contributed by atoms with van der Waals surface area (Å²) >= 11 is 0. The number of aromatic nitrogens is 4. The third-order valence-corrected chi connectivity index (χ3v) is 6.98. The number of piperazine rings is 1. The summed E-state index contributed by atoms with van der Waals surface area (Å²) in [5, 5.41) is 7.65. The molecule has 1 aliphatic heterocycles. The van der Waals surface area contributed by atoms with Crippen molar-refractivity contribution in [2.24, 2.45) is 0 Å². The van der Waals surface area contributed by atoms with E-state index in [0.717, 1.165) is 41.3 Å². The van der Waals surface area contributed by atoms with Gasteiger partial charge >= 0.3 is 0 Å². The highest BCUT2D eigenvalue weighted by molar-refractivity contribution is 7.90. The Hall–Kier alpha value is -3.50. The summed E-state index contributed by atoms with van der Waals surface area (Å²) in [7, 11) is -3.25. The second-order valence-electron chi connectivity index (χ2n) is 8.83. The van der Waals surface area contributed by atoms with E-state index in [1.54, 1.807) is 36.7 Å². The van der Waals surface area contributed by atoms with Gasteiger partial charge in [0.15, 0.2) is 9.84 Å². The molecule has 0 amide bonds. The molecule has 2 atom stereocenters. The van der Waals surface area contributed by atoms with Gasteiger partial charge in [-0.1, -0.05) is 0 Å². The fourth-order valence-electron chi connectivity index (χ4n) is 4.33. The zero-order valence-corrected chi connectivity index (χ0v) is 20.1. The van der Waals surface area contributed by atoms with Gasteiger partial charge in [0.05, 0.1) is 16.8 Å². The fraction of sp³-hybridized carbons (Fsp3) is 0.292. The number of pyridine rings is 1. The van der Waals surface area contributed by atoms with E-state index in [1.807, 2.05) is 29.0 Å². The maximum absolute atomic E-state index is 11.8. The van der Waals surface area contributed by atoms with Gasteiger partial charge in [0.1, 0.15) is 11.5 Å². The second-order valence-corrected chi connectivity index (χ2v) is 10.8. The molecule has 0 unspecified atom stereocenters. The Balaban J connectivity index is 1.37. The summed E-state index contributed by atoms with van der Waals surface area (Å²) in [5.41, 5.74) is 2.34. The number of nitrogens with zero attached hydrogens (tertiary/aromatic N) is 5. The molecule has 4 heterocycles. The van der Waals surface area contributed by atoms with Gasteiger partial charge in [0.25, 0.3) is 0 Å². The molecule has 0 aliphatic carbocycles. The molecule has 176 valence electrons. The molecule has 1 aliphatic rings. The average Bonchev–Trinajstić information content (AvgIpc) is 3.22. The average molecular weight is 478 g/mol. The first-order valence-electron chi connectivity index (χ1n) is 11.1. The van der Waals surface area contributed by atoms with Gasteiger partial charge in [-0.25, -0.2) is 18.4 Å². The monoisotopic (exact) mass is 477 g/mol. The summed E-state index contributed by atoms with van der Waals surface area (Å²) in [5.74, 6) is 1.41. The predicted octanol–water partition coefficient (Wildman–Crippen LogP) is 3.15. The standard InChI is InChI=1S/C24H27N7O2S/c1-16-14-30(15-17(2)27-16)22-9-4-19(13-25-22)28-24-26-12-18-10-11-31(23(18)29-24)20-5-7-21(8-6-20)34(3,32)33/h4-13,16-17,27H,14-15H2,1-3H3,(H,26,28,29)/t16-,17+. The third-order valence-electron chi connectivity index (χ3n) is 5.86. The van der Waals surface area contributed by atoms with Crippen LogP contribution in [0.2, 0.25) is 0 Å². The SMILES string of the molecule is C[C@@H]1CN(c2ccc(Nc3ncc4ccn(-c5ccc(S(C)(=O)=O)cc5)c4n3)cn2)C[C@H](C)N1. The van der Waals surface area contributed by atoms with Gasteiger partial charge in [0, 0.05) is 54.9 Å². The van der Waals surface area contributed by atoms with Gasteiger partial charge in [-0.15, -0.1) is 0 Å². The van der Waals surface area contributed by atoms with E-state index in [0.29, 0.717) is 18.0 Å². The molecule has 9 nitrogen and oxygen atoms in total. The van der Waals surface area contributed by atoms with Gasteiger partial charge in [-0.05, 0) is 56.3 Å². The Labute approximate surface area is 198 Å². The molecule has 1 saturated heterocycles. The van der Waals surface area contributed by atoms with Gasteiger partial charge < -0.3 is 20.1 Å². The van der Waals surface area contributed by atoms with Gasteiger partial charge in [-0.3, -0.25) is 0 Å². The second kappa shape index (κ2) is 8.69. The Morgan fingerprint density at radius 2 is 1.71 bits per heavy atom. The van der Waals surface area contributed by atoms with Crippen molar-refractivity contribution >= 4 is 38.3 Å². The number of hydrogen-bond donors (Lipinski definition) is 2. The van der Waals surface area contributed by atoms with Crippen LogP contribution in [0.1, 0.15) is 13.8 Å². The number of benzene rings is 1. The van der Waals surface area contributed by atoms with E-state index in [4.69, 9.17) is 0 Å². The number of nitrogens with one attached hydrogen (secondary N) is 2. The highest BCUT2D eigenvalue weighted by Gasteiger charge is 2.21. The van der Waals surface area contributed by atoms with Gasteiger partial charge in [-0.2, -0.15) is 4.98 Å². The van der Waals surface area contributed by atoms with Crippen molar-refractivity contribution in [3.8, 4) is 5.69 Å². The highest BCUT2D eigenvalue weighted by atomic mass is 32.2. The van der Waals surface area contributed by atoms with Crippen molar-refractivity contribution in [3.05, 3.63) is 61.1 Å². The quantitative estimate of drug-likeness (QED) is 0.452. The maximum atomic E-state index is 11.8. The molecule has 5 rings (SSSR count). The van der Waals surface area contributed by atoms with E-state index in [9.17, 15) is 8.42 Å². The summed E-state index contributed by atoms with van der Waals surface area (Å²) in [6.45, 7) is 6.21. The Bertz CT molecular complexity index is 1410. The molecule has 0 bridgehead atoms. The number of anilines is 3. The predicted molar refractivity (Wildman–Crippen MR) is 134 cm³/mol. The van der Waals surface area contributed by atoms with Crippen LogP contribution in [-0.2, 0) is 9.84 Å². The molecule has 0 saturated carbocycles. The third kappa shape index (κ3) is 4.59. The summed E-state index contributed by atoms with van der Waals surface area (Å²) in [6.07, 6.45) is 6.65. The molecule has 0 spiro atoms. The van der Waals surface area contributed by atoms with Crippen molar-refractivity contribution < 1.29 is 8.42 Å². The van der Waals surface area contributed by atoms with Crippen molar-refractivity contribution in [2.45, 2.75) is 30.8 Å². The zero-order chi connectivity index (χ0) is 23.9. The van der Waals surface area contributed by atoms with E-state index >= 15 is 0 Å². The smallest absolute Gasteiger partial charge is 0.229 e. The van der Waals surface area contributed by atoms with Crippen LogP contribution in [0.5, 0.6) is 0 Å². The van der Waals surface area contributed by atoms with E-state index < -0.39 is 9.84 Å². The molecule has 4 aromatic rings. The Morgan fingerprint density at radius 3 is 2.35 bits per heavy atom. The topological polar surface area (TPSA) is 105 Å². The number of fused-ring (bicyclic) bond motifs is 1. The fourth-order valence-corrected chi connectivity index (χ4v) is 4.96. The molecule has 1 aromatic carbocycles. The molecule has 0 radical (unpaired) electrons. The molecular weight excluding hydrogens is 450 g/mol. The lowest BCUT2D eigenvalue weighted by Gasteiger charge is -2.36.